The van der Waals surface area contributed by atoms with Crippen molar-refractivity contribution < 1.29 is 33.3 Å². The van der Waals surface area contributed by atoms with Crippen LogP contribution in [0.4, 0.5) is 15.3 Å². The normalized spacial score (nSPS) is 29.2. The lowest BCUT2D eigenvalue weighted by atomic mass is 9.87. The van der Waals surface area contributed by atoms with Crippen LogP contribution in [0.1, 0.15) is 120 Å². The van der Waals surface area contributed by atoms with E-state index in [-0.39, 0.29) is 47.6 Å². The molecule has 2 amide bonds. The van der Waals surface area contributed by atoms with Crippen molar-refractivity contribution in [2.45, 2.75) is 166 Å². The first-order chi connectivity index (χ1) is 24.4. The van der Waals surface area contributed by atoms with Crippen LogP contribution < -0.4 is 15.2 Å². The van der Waals surface area contributed by atoms with Crippen LogP contribution in [0.3, 0.4) is 0 Å². The summed E-state index contributed by atoms with van der Waals surface area (Å²) in [5.41, 5.74) is 5.08. The van der Waals surface area contributed by atoms with Crippen molar-refractivity contribution in [3.63, 3.8) is 0 Å². The molecule has 0 saturated carbocycles. The molecule has 10 heteroatoms. The second kappa shape index (κ2) is 16.1. The molecule has 2 N–H and O–H groups in total. The van der Waals surface area contributed by atoms with E-state index in [1.807, 2.05) is 106 Å². The lowest BCUT2D eigenvalue weighted by molar-refractivity contribution is -0.0375. The van der Waals surface area contributed by atoms with Crippen molar-refractivity contribution in [1.82, 2.24) is 9.80 Å². The van der Waals surface area contributed by atoms with Gasteiger partial charge in [0.25, 0.3) is 0 Å². The van der Waals surface area contributed by atoms with Gasteiger partial charge in [-0.3, -0.25) is 0 Å². The molecule has 5 fully saturated rings. The second-order valence-electron chi connectivity index (χ2n) is 17.7. The summed E-state index contributed by atoms with van der Waals surface area (Å²) >= 11 is 0. The highest BCUT2D eigenvalue weighted by Gasteiger charge is 2.51. The number of nitrogens with zero attached hydrogens (tertiary/aromatic N) is 2. The molecule has 5 aliphatic heterocycles. The van der Waals surface area contributed by atoms with Crippen LogP contribution in [0.5, 0.6) is 11.5 Å². The number of amides is 2. The van der Waals surface area contributed by atoms with Gasteiger partial charge in [0, 0.05) is 68.8 Å². The number of rotatable bonds is 4. The first kappa shape index (κ1) is 39.5. The molecule has 7 rings (SSSR count). The molecule has 52 heavy (non-hydrogen) atoms. The zero-order valence-electron chi connectivity index (χ0n) is 32.8. The van der Waals surface area contributed by atoms with Crippen LogP contribution in [0.15, 0.2) is 54.6 Å². The van der Waals surface area contributed by atoms with Crippen LogP contribution >= 0.6 is 0 Å². The third kappa shape index (κ3) is 10.9. The predicted molar refractivity (Wildman–Crippen MR) is 204 cm³/mol. The van der Waals surface area contributed by atoms with Crippen molar-refractivity contribution >= 4 is 17.9 Å². The number of piperidine rings is 2. The lowest BCUT2D eigenvalue weighted by Gasteiger charge is -2.44. The summed E-state index contributed by atoms with van der Waals surface area (Å²) < 4.78 is 28.7. The number of fused-ring (bicyclic) bond motifs is 4. The van der Waals surface area contributed by atoms with Gasteiger partial charge < -0.3 is 39.2 Å². The van der Waals surface area contributed by atoms with E-state index in [1.54, 1.807) is 0 Å². The zero-order chi connectivity index (χ0) is 37.7. The average Bonchev–Trinajstić information content (AvgIpc) is 3.77. The molecule has 0 aliphatic carbocycles. The van der Waals surface area contributed by atoms with E-state index < -0.39 is 11.2 Å². The first-order valence-corrected chi connectivity index (χ1v) is 19.3. The van der Waals surface area contributed by atoms with Gasteiger partial charge in [-0.15, -0.1) is 0 Å². The molecule has 2 aromatic rings. The molecule has 4 atom stereocenters. The fourth-order valence-electron chi connectivity index (χ4n) is 8.38. The predicted octanol–water partition coefficient (Wildman–Crippen LogP) is 9.15. The third-order valence-corrected chi connectivity index (χ3v) is 10.3. The molecule has 5 heterocycles. The Morgan fingerprint density at radius 2 is 1.00 bits per heavy atom. The Hall–Kier alpha value is -3.66. The van der Waals surface area contributed by atoms with Gasteiger partial charge in [-0.05, 0) is 130 Å². The molecule has 4 bridgehead atoms. The first-order valence-electron chi connectivity index (χ1n) is 19.3. The van der Waals surface area contributed by atoms with Crippen molar-refractivity contribution in [1.29, 1.82) is 0 Å². The van der Waals surface area contributed by atoms with Gasteiger partial charge in [0.05, 0.1) is 0 Å². The van der Waals surface area contributed by atoms with Crippen LogP contribution in [-0.2, 0) is 14.2 Å². The number of nitrogen functional groups attached to an aromatic ring is 1. The van der Waals surface area contributed by atoms with Crippen molar-refractivity contribution in [3.05, 3.63) is 54.6 Å². The summed E-state index contributed by atoms with van der Waals surface area (Å²) in [5.74, 6) is 1.73. The number of hydrogen-bond acceptors (Lipinski definition) is 8. The van der Waals surface area contributed by atoms with Gasteiger partial charge in [0.2, 0.25) is 0 Å². The Balaban J connectivity index is 0.000000177. The topological polar surface area (TPSA) is 113 Å². The van der Waals surface area contributed by atoms with E-state index in [0.29, 0.717) is 0 Å². The maximum atomic E-state index is 12.5. The Labute approximate surface area is 311 Å². The number of ether oxygens (including phenoxy) is 5. The number of carbonyl (C=O) groups is 2. The summed E-state index contributed by atoms with van der Waals surface area (Å²) in [6.07, 6.45) is 9.68. The van der Waals surface area contributed by atoms with Gasteiger partial charge in [0.1, 0.15) is 33.9 Å². The van der Waals surface area contributed by atoms with Gasteiger partial charge >= 0.3 is 12.2 Å². The molecule has 0 spiro atoms. The highest BCUT2D eigenvalue weighted by molar-refractivity contribution is 5.70. The third-order valence-electron chi connectivity index (χ3n) is 10.3. The Morgan fingerprint density at radius 1 is 0.635 bits per heavy atom. The second-order valence-corrected chi connectivity index (χ2v) is 17.7. The van der Waals surface area contributed by atoms with Crippen LogP contribution in [0.2, 0.25) is 0 Å². The SMILES string of the molecule is C1CCOC1.CC(C)(C)OC(=O)N1C2CCC1CC(C)(Oc1ccc(N)cc1)C2.CC(C)(C)OC(=O)N1C2CCC1CC(C)(Oc1ccccc1)C2. The average molecular weight is 722 g/mol. The van der Waals surface area contributed by atoms with E-state index in [4.69, 9.17) is 29.4 Å². The minimum atomic E-state index is -0.461. The maximum Gasteiger partial charge on any atom is 0.410 e. The summed E-state index contributed by atoms with van der Waals surface area (Å²) in [7, 11) is 0. The Kier molecular flexibility index (Phi) is 12.3. The minimum Gasteiger partial charge on any atom is -0.487 e. The molecule has 2 aromatic carbocycles. The van der Waals surface area contributed by atoms with Gasteiger partial charge in [-0.2, -0.15) is 0 Å². The molecule has 10 nitrogen and oxygen atoms in total. The standard InChI is InChI=1S/C19H28N2O3.C19H27NO3.C4H8O/c1-18(2,3)24-17(22)21-14-7-8-15(21)12-19(4,11-14)23-16-9-5-13(20)6-10-16;1-18(2,3)23-17(21)20-14-10-11-15(20)13-19(4,12-14)22-16-8-6-5-7-9-16;1-2-4-5-3-1/h5-6,9-10,14-15H,7-8,11-12,20H2,1-4H3;5-9,14-15H,10-13H2,1-4H3;1-4H2. The zero-order valence-corrected chi connectivity index (χ0v) is 32.8. The maximum absolute atomic E-state index is 12.5. The van der Waals surface area contributed by atoms with Gasteiger partial charge in [-0.25, -0.2) is 9.59 Å². The smallest absolute Gasteiger partial charge is 0.410 e. The molecule has 288 valence electrons. The summed E-state index contributed by atoms with van der Waals surface area (Å²) in [5, 5.41) is 0. The monoisotopic (exact) mass is 721 g/mol. The van der Waals surface area contributed by atoms with Crippen molar-refractivity contribution in [3.8, 4) is 11.5 Å². The largest absolute Gasteiger partial charge is 0.487 e. The summed E-state index contributed by atoms with van der Waals surface area (Å²) in [6.45, 7) is 17.8. The molecule has 5 aliphatic rings. The highest BCUT2D eigenvalue weighted by Crippen LogP contribution is 2.45. The molecule has 0 aromatic heterocycles. The fraction of sp³-hybridized carbons (Fsp3) is 0.667. The fourth-order valence-corrected chi connectivity index (χ4v) is 8.38. The van der Waals surface area contributed by atoms with E-state index >= 15 is 0 Å². The molecular weight excluding hydrogens is 658 g/mol. The highest BCUT2D eigenvalue weighted by atomic mass is 16.6. The van der Waals surface area contributed by atoms with Gasteiger partial charge in [0.15, 0.2) is 0 Å². The van der Waals surface area contributed by atoms with Gasteiger partial charge in [-0.1, -0.05) is 18.2 Å². The number of nitrogens with two attached hydrogens (primary N) is 1. The van der Waals surface area contributed by atoms with Crippen LogP contribution in [0, 0.1) is 0 Å². The molecule has 4 unspecified atom stereocenters. The molecular formula is C42H63N3O7. The number of anilines is 1. The molecule has 5 saturated heterocycles. The lowest BCUT2D eigenvalue weighted by Crippen LogP contribution is -2.55. The van der Waals surface area contributed by atoms with E-state index in [9.17, 15) is 9.59 Å². The number of para-hydroxylation sites is 1. The minimum absolute atomic E-state index is 0.174. The summed E-state index contributed by atoms with van der Waals surface area (Å²) in [4.78, 5) is 28.9. The van der Waals surface area contributed by atoms with Crippen molar-refractivity contribution in [2.75, 3.05) is 18.9 Å². The van der Waals surface area contributed by atoms with Crippen LogP contribution in [-0.4, -0.2) is 81.8 Å². The van der Waals surface area contributed by atoms with E-state index in [0.717, 1.165) is 81.8 Å². The number of carbonyl (C=O) groups excluding carboxylic acids is 2. The Bertz CT molecular complexity index is 1430. The van der Waals surface area contributed by atoms with E-state index in [2.05, 4.69) is 13.8 Å². The summed E-state index contributed by atoms with van der Waals surface area (Å²) in [6, 6.07) is 18.3. The number of benzene rings is 2. The van der Waals surface area contributed by atoms with E-state index in [1.165, 1.54) is 12.8 Å². The molecule has 0 radical (unpaired) electrons. The quantitative estimate of drug-likeness (QED) is 0.311. The van der Waals surface area contributed by atoms with Crippen LogP contribution in [0.25, 0.3) is 0 Å². The number of hydrogen-bond donors (Lipinski definition) is 1. The Morgan fingerprint density at radius 3 is 1.33 bits per heavy atom. The van der Waals surface area contributed by atoms with Crippen molar-refractivity contribution in [2.24, 2.45) is 0 Å².